The Hall–Kier alpha value is 0.397. The molecule has 0 atom stereocenters. The summed E-state index contributed by atoms with van der Waals surface area (Å²) in [4.78, 5) is 0. The highest BCUT2D eigenvalue weighted by Gasteiger charge is 2.12. The zero-order valence-corrected chi connectivity index (χ0v) is 10.2. The molecule has 0 fully saturated rings. The van der Waals surface area contributed by atoms with Crippen LogP contribution in [0.15, 0.2) is 11.1 Å². The Bertz CT molecular complexity index is 129. The second-order valence-electron chi connectivity index (χ2n) is 3.58. The van der Waals surface area contributed by atoms with E-state index >= 15 is 0 Å². The molecule has 0 amide bonds. The minimum Gasteiger partial charge on any atom is -0.418 e. The lowest BCUT2D eigenvalue weighted by Gasteiger charge is -2.16. The SMILES string of the molecule is C=C(Br)CCCO[Si](C)(C)C. The van der Waals surface area contributed by atoms with Gasteiger partial charge in [0.05, 0.1) is 0 Å². The second kappa shape index (κ2) is 5.12. The molecule has 0 spiro atoms. The van der Waals surface area contributed by atoms with Crippen molar-refractivity contribution in [1.29, 1.82) is 0 Å². The Kier molecular flexibility index (Phi) is 5.30. The lowest BCUT2D eigenvalue weighted by Crippen LogP contribution is -2.25. The summed E-state index contributed by atoms with van der Waals surface area (Å²) in [6, 6.07) is 0. The summed E-state index contributed by atoms with van der Waals surface area (Å²) < 4.78 is 6.72. The minimum absolute atomic E-state index is 0.875. The third kappa shape index (κ3) is 10.4. The average Bonchev–Trinajstić information content (AvgIpc) is 1.78. The Morgan fingerprint density at radius 2 is 2.00 bits per heavy atom. The molecule has 0 unspecified atom stereocenters. The van der Waals surface area contributed by atoms with Gasteiger partial charge in [-0.1, -0.05) is 22.5 Å². The normalized spacial score (nSPS) is 11.6. The molecule has 0 radical (unpaired) electrons. The molecule has 11 heavy (non-hydrogen) atoms. The molecule has 0 bridgehead atoms. The van der Waals surface area contributed by atoms with Crippen molar-refractivity contribution in [3.05, 3.63) is 11.1 Å². The highest BCUT2D eigenvalue weighted by Crippen LogP contribution is 2.10. The fourth-order valence-corrected chi connectivity index (χ4v) is 1.68. The maximum Gasteiger partial charge on any atom is 0.183 e. The van der Waals surface area contributed by atoms with E-state index in [1.54, 1.807) is 0 Å². The summed E-state index contributed by atoms with van der Waals surface area (Å²) in [5, 5.41) is 0. The zero-order chi connectivity index (χ0) is 8.91. The van der Waals surface area contributed by atoms with Crippen molar-refractivity contribution in [2.45, 2.75) is 32.5 Å². The minimum atomic E-state index is -1.27. The van der Waals surface area contributed by atoms with Crippen molar-refractivity contribution in [2.75, 3.05) is 6.61 Å². The van der Waals surface area contributed by atoms with Crippen molar-refractivity contribution in [2.24, 2.45) is 0 Å². The van der Waals surface area contributed by atoms with Gasteiger partial charge in [0, 0.05) is 6.61 Å². The maximum absolute atomic E-state index is 5.66. The van der Waals surface area contributed by atoms with E-state index in [-0.39, 0.29) is 0 Å². The molecular formula is C8H17BrOSi. The molecule has 0 saturated carbocycles. The van der Waals surface area contributed by atoms with Crippen LogP contribution in [0.2, 0.25) is 19.6 Å². The lowest BCUT2D eigenvalue weighted by atomic mass is 10.3. The van der Waals surface area contributed by atoms with E-state index in [0.717, 1.165) is 23.9 Å². The van der Waals surface area contributed by atoms with Crippen molar-refractivity contribution < 1.29 is 4.43 Å². The first-order chi connectivity index (χ1) is 4.92. The summed E-state index contributed by atoms with van der Waals surface area (Å²) in [5.74, 6) is 0. The molecule has 0 rings (SSSR count). The number of hydrogen-bond donors (Lipinski definition) is 0. The molecular weight excluding hydrogens is 220 g/mol. The van der Waals surface area contributed by atoms with Gasteiger partial charge in [0.2, 0.25) is 0 Å². The van der Waals surface area contributed by atoms with Crippen molar-refractivity contribution in [3.63, 3.8) is 0 Å². The van der Waals surface area contributed by atoms with Crippen LogP contribution in [-0.2, 0) is 4.43 Å². The maximum atomic E-state index is 5.66. The summed E-state index contributed by atoms with van der Waals surface area (Å²) in [5.41, 5.74) is 0. The van der Waals surface area contributed by atoms with Gasteiger partial charge in [-0.3, -0.25) is 0 Å². The quantitative estimate of drug-likeness (QED) is 0.525. The fourth-order valence-electron chi connectivity index (χ4n) is 0.642. The molecule has 0 N–H and O–H groups in total. The molecule has 0 heterocycles. The third-order valence-electron chi connectivity index (χ3n) is 1.13. The van der Waals surface area contributed by atoms with Gasteiger partial charge in [0.1, 0.15) is 0 Å². The lowest BCUT2D eigenvalue weighted by molar-refractivity contribution is 0.306. The van der Waals surface area contributed by atoms with E-state index in [1.165, 1.54) is 0 Å². The third-order valence-corrected chi connectivity index (χ3v) is 2.59. The van der Waals surface area contributed by atoms with Gasteiger partial charge in [-0.2, -0.15) is 0 Å². The van der Waals surface area contributed by atoms with E-state index in [1.807, 2.05) is 0 Å². The monoisotopic (exact) mass is 236 g/mol. The Balaban J connectivity index is 3.22. The number of halogens is 1. The molecule has 1 nitrogen and oxygen atoms in total. The molecule has 66 valence electrons. The first-order valence-electron chi connectivity index (χ1n) is 3.89. The van der Waals surface area contributed by atoms with Gasteiger partial charge in [0.25, 0.3) is 0 Å². The van der Waals surface area contributed by atoms with Gasteiger partial charge in [0.15, 0.2) is 8.32 Å². The number of hydrogen-bond acceptors (Lipinski definition) is 1. The van der Waals surface area contributed by atoms with E-state index in [0.29, 0.717) is 0 Å². The Morgan fingerprint density at radius 1 is 1.45 bits per heavy atom. The first kappa shape index (κ1) is 11.4. The number of rotatable bonds is 5. The molecule has 3 heteroatoms. The largest absolute Gasteiger partial charge is 0.418 e. The molecule has 0 aromatic carbocycles. The fraction of sp³-hybridized carbons (Fsp3) is 0.750. The van der Waals surface area contributed by atoms with Crippen molar-refractivity contribution >= 4 is 24.2 Å². The summed E-state index contributed by atoms with van der Waals surface area (Å²) in [6.07, 6.45) is 2.10. The molecule has 0 aromatic rings. The van der Waals surface area contributed by atoms with E-state index in [2.05, 4.69) is 42.1 Å². The topological polar surface area (TPSA) is 9.23 Å². The van der Waals surface area contributed by atoms with E-state index in [9.17, 15) is 0 Å². The molecule has 0 aliphatic rings. The Labute approximate surface area is 79.1 Å². The van der Waals surface area contributed by atoms with Crippen LogP contribution in [0.1, 0.15) is 12.8 Å². The molecule has 0 saturated heterocycles. The second-order valence-corrected chi connectivity index (χ2v) is 9.22. The standard InChI is InChI=1S/C8H17BrOSi/c1-8(9)6-5-7-10-11(2,3)4/h1,5-7H2,2-4H3. The van der Waals surface area contributed by atoms with Crippen LogP contribution < -0.4 is 0 Å². The molecule has 0 aliphatic heterocycles. The smallest absolute Gasteiger partial charge is 0.183 e. The predicted molar refractivity (Wildman–Crippen MR) is 56.6 cm³/mol. The predicted octanol–water partition coefficient (Wildman–Crippen LogP) is 3.53. The Morgan fingerprint density at radius 3 is 2.36 bits per heavy atom. The average molecular weight is 237 g/mol. The van der Waals surface area contributed by atoms with E-state index in [4.69, 9.17) is 4.43 Å². The van der Waals surface area contributed by atoms with Crippen LogP contribution in [-0.4, -0.2) is 14.9 Å². The van der Waals surface area contributed by atoms with Crippen LogP contribution in [0.5, 0.6) is 0 Å². The molecule has 0 aromatic heterocycles. The van der Waals surface area contributed by atoms with Gasteiger partial charge < -0.3 is 4.43 Å². The summed E-state index contributed by atoms with van der Waals surface area (Å²) >= 11 is 3.32. The summed E-state index contributed by atoms with van der Waals surface area (Å²) in [6.45, 7) is 11.2. The van der Waals surface area contributed by atoms with Gasteiger partial charge in [-0.15, -0.1) is 0 Å². The van der Waals surface area contributed by atoms with Gasteiger partial charge >= 0.3 is 0 Å². The van der Waals surface area contributed by atoms with Crippen LogP contribution >= 0.6 is 15.9 Å². The van der Waals surface area contributed by atoms with Crippen LogP contribution in [0.4, 0.5) is 0 Å². The zero-order valence-electron chi connectivity index (χ0n) is 7.61. The van der Waals surface area contributed by atoms with Crippen LogP contribution in [0.25, 0.3) is 0 Å². The highest BCUT2D eigenvalue weighted by atomic mass is 79.9. The van der Waals surface area contributed by atoms with Crippen LogP contribution in [0.3, 0.4) is 0 Å². The summed E-state index contributed by atoms with van der Waals surface area (Å²) in [7, 11) is -1.27. The molecule has 0 aliphatic carbocycles. The van der Waals surface area contributed by atoms with Crippen molar-refractivity contribution in [3.8, 4) is 0 Å². The first-order valence-corrected chi connectivity index (χ1v) is 8.09. The van der Waals surface area contributed by atoms with Gasteiger partial charge in [-0.25, -0.2) is 0 Å². The highest BCUT2D eigenvalue weighted by molar-refractivity contribution is 9.11. The van der Waals surface area contributed by atoms with E-state index < -0.39 is 8.32 Å². The van der Waals surface area contributed by atoms with Gasteiger partial charge in [-0.05, 0) is 37.0 Å². The van der Waals surface area contributed by atoms with Crippen LogP contribution in [0, 0.1) is 0 Å². The number of allylic oxidation sites excluding steroid dienone is 1. The van der Waals surface area contributed by atoms with Crippen molar-refractivity contribution in [1.82, 2.24) is 0 Å².